The monoisotopic (exact) mass is 386 g/mol. The molecule has 1 amide bonds. The molecule has 0 unspecified atom stereocenters. The molecule has 1 aromatic heterocycles. The van der Waals surface area contributed by atoms with Crippen LogP contribution in [0.4, 0.5) is 0 Å². The minimum Gasteiger partial charge on any atom is -0.481 e. The third-order valence-corrected chi connectivity index (χ3v) is 5.40. The van der Waals surface area contributed by atoms with Gasteiger partial charge in [-0.3, -0.25) is 14.5 Å². The fourth-order valence-electron chi connectivity index (χ4n) is 2.67. The first-order chi connectivity index (χ1) is 12.5. The lowest BCUT2D eigenvalue weighted by Crippen LogP contribution is -2.29. The van der Waals surface area contributed by atoms with E-state index in [1.165, 1.54) is 22.2 Å². The summed E-state index contributed by atoms with van der Waals surface area (Å²) in [6.07, 6.45) is 4.18. The molecule has 0 saturated carbocycles. The topological polar surface area (TPSA) is 62.5 Å². The van der Waals surface area contributed by atoms with Gasteiger partial charge >= 0.3 is 5.97 Å². The molecule has 134 valence electrons. The Balaban J connectivity index is 1.80. The molecule has 0 radical (unpaired) electrons. The van der Waals surface area contributed by atoms with Gasteiger partial charge in [0.15, 0.2) is 0 Å². The van der Waals surface area contributed by atoms with Crippen molar-refractivity contribution in [1.29, 1.82) is 0 Å². The van der Waals surface area contributed by atoms with Crippen LogP contribution in [-0.4, -0.2) is 37.3 Å². The maximum Gasteiger partial charge on any atom is 0.303 e. The molecule has 0 atom stereocenters. The number of thioether (sulfide) groups is 1. The molecular weight excluding hydrogens is 368 g/mol. The lowest BCUT2D eigenvalue weighted by Gasteiger charge is -2.13. The minimum atomic E-state index is -0.873. The Morgan fingerprint density at radius 2 is 2.00 bits per heavy atom. The van der Waals surface area contributed by atoms with Gasteiger partial charge in [-0.15, -0.1) is 0 Å². The maximum atomic E-state index is 12.6. The van der Waals surface area contributed by atoms with Crippen LogP contribution in [0.3, 0.4) is 0 Å². The number of carboxylic acid groups (broad SMARTS) is 1. The largest absolute Gasteiger partial charge is 0.481 e. The van der Waals surface area contributed by atoms with Crippen LogP contribution in [-0.2, 0) is 9.59 Å². The molecule has 5 nitrogen and oxygen atoms in total. The number of aliphatic carboxylic acids is 1. The lowest BCUT2D eigenvalue weighted by molar-refractivity contribution is -0.137. The number of hydrogen-bond acceptors (Lipinski definition) is 4. The number of nitrogens with zero attached hydrogens (tertiary/aromatic N) is 2. The number of rotatable bonds is 6. The van der Waals surface area contributed by atoms with Crippen LogP contribution in [0, 0.1) is 6.92 Å². The molecule has 7 heteroatoms. The summed E-state index contributed by atoms with van der Waals surface area (Å²) >= 11 is 6.54. The smallest absolute Gasteiger partial charge is 0.303 e. The van der Waals surface area contributed by atoms with Gasteiger partial charge < -0.3 is 9.67 Å². The number of aryl methyl sites for hydroxylation is 1. The summed E-state index contributed by atoms with van der Waals surface area (Å²) in [6, 6.07) is 12.0. The first-order valence-corrected chi connectivity index (χ1v) is 9.40. The normalized spacial score (nSPS) is 15.9. The third kappa shape index (κ3) is 4.05. The summed E-state index contributed by atoms with van der Waals surface area (Å²) in [6.45, 7) is 2.36. The average Bonchev–Trinajstić information content (AvgIpc) is 3.15. The molecule has 1 aliphatic heterocycles. The maximum absolute atomic E-state index is 12.6. The summed E-state index contributed by atoms with van der Waals surface area (Å²) < 4.78 is 2.48. The van der Waals surface area contributed by atoms with Gasteiger partial charge in [-0.1, -0.05) is 41.7 Å². The van der Waals surface area contributed by atoms with Crippen molar-refractivity contribution in [3.05, 3.63) is 58.8 Å². The van der Waals surface area contributed by atoms with E-state index in [0.29, 0.717) is 22.2 Å². The summed E-state index contributed by atoms with van der Waals surface area (Å²) in [5.41, 5.74) is 3.09. The Morgan fingerprint density at radius 1 is 1.27 bits per heavy atom. The van der Waals surface area contributed by atoms with E-state index in [1.54, 1.807) is 0 Å². The van der Waals surface area contributed by atoms with E-state index in [0.717, 1.165) is 11.4 Å². The van der Waals surface area contributed by atoms with Gasteiger partial charge in [-0.05, 0) is 43.7 Å². The SMILES string of the molecule is Cc1ccc(-n2cccc2C=C2SC(=S)N(CCCC(=O)O)C2=O)cc1. The van der Waals surface area contributed by atoms with Gasteiger partial charge in [0.25, 0.3) is 5.91 Å². The predicted octanol–water partition coefficient (Wildman–Crippen LogP) is 3.85. The molecule has 1 N–H and O–H groups in total. The van der Waals surface area contributed by atoms with E-state index in [9.17, 15) is 9.59 Å². The zero-order chi connectivity index (χ0) is 18.7. The molecule has 3 rings (SSSR count). The number of aromatic nitrogens is 1. The van der Waals surface area contributed by atoms with Gasteiger partial charge in [0, 0.05) is 30.5 Å². The quantitative estimate of drug-likeness (QED) is 0.603. The first kappa shape index (κ1) is 18.4. The second kappa shape index (κ2) is 7.88. The number of amides is 1. The first-order valence-electron chi connectivity index (χ1n) is 8.17. The number of thiocarbonyl (C=S) groups is 1. The van der Waals surface area contributed by atoms with Crippen molar-refractivity contribution in [2.45, 2.75) is 19.8 Å². The van der Waals surface area contributed by atoms with Gasteiger partial charge in [-0.25, -0.2) is 0 Å². The highest BCUT2D eigenvalue weighted by molar-refractivity contribution is 8.26. The summed E-state index contributed by atoms with van der Waals surface area (Å²) in [7, 11) is 0. The third-order valence-electron chi connectivity index (χ3n) is 4.02. The Morgan fingerprint density at radius 3 is 2.69 bits per heavy atom. The van der Waals surface area contributed by atoms with Crippen molar-refractivity contribution in [2.24, 2.45) is 0 Å². The Kier molecular flexibility index (Phi) is 5.58. The van der Waals surface area contributed by atoms with Crippen molar-refractivity contribution in [2.75, 3.05) is 6.54 Å². The van der Waals surface area contributed by atoms with Crippen molar-refractivity contribution in [3.8, 4) is 5.69 Å². The van der Waals surface area contributed by atoms with Crippen LogP contribution in [0.1, 0.15) is 24.1 Å². The molecule has 2 heterocycles. The predicted molar refractivity (Wildman–Crippen MR) is 107 cm³/mol. The average molecular weight is 386 g/mol. The zero-order valence-corrected chi connectivity index (χ0v) is 15.8. The molecule has 0 aliphatic carbocycles. The number of carbonyl (C=O) groups excluding carboxylic acids is 1. The number of hydrogen-bond donors (Lipinski definition) is 1. The molecule has 2 aromatic rings. The Labute approximate surface area is 161 Å². The van der Waals surface area contributed by atoms with Crippen molar-refractivity contribution in [3.63, 3.8) is 0 Å². The van der Waals surface area contributed by atoms with Gasteiger partial charge in [-0.2, -0.15) is 0 Å². The summed E-state index contributed by atoms with van der Waals surface area (Å²) in [4.78, 5) is 25.3. The van der Waals surface area contributed by atoms with Crippen molar-refractivity contribution < 1.29 is 14.7 Å². The van der Waals surface area contributed by atoms with E-state index < -0.39 is 5.97 Å². The molecule has 0 bridgehead atoms. The highest BCUT2D eigenvalue weighted by atomic mass is 32.2. The van der Waals surface area contributed by atoms with Crippen LogP contribution in [0.2, 0.25) is 0 Å². The van der Waals surface area contributed by atoms with Crippen molar-refractivity contribution >= 4 is 46.3 Å². The Hall–Kier alpha value is -2.38. The molecule has 1 fully saturated rings. The van der Waals surface area contributed by atoms with E-state index in [4.69, 9.17) is 17.3 Å². The molecule has 1 aromatic carbocycles. The van der Waals surface area contributed by atoms with E-state index in [2.05, 4.69) is 0 Å². The standard InChI is InChI=1S/C19H18N2O3S2/c1-13-6-8-14(9-7-13)20-10-2-4-15(20)12-16-18(24)21(19(25)26-16)11-3-5-17(22)23/h2,4,6-10,12H,3,5,11H2,1H3,(H,22,23). The molecule has 26 heavy (non-hydrogen) atoms. The number of carbonyl (C=O) groups is 2. The summed E-state index contributed by atoms with van der Waals surface area (Å²) in [5, 5.41) is 8.74. The van der Waals surface area contributed by atoms with E-state index >= 15 is 0 Å². The minimum absolute atomic E-state index is 0.0202. The van der Waals surface area contributed by atoms with Crippen LogP contribution in [0.15, 0.2) is 47.5 Å². The molecule has 0 spiro atoms. The summed E-state index contributed by atoms with van der Waals surface area (Å²) in [5.74, 6) is -1.04. The van der Waals surface area contributed by atoms with Crippen LogP contribution < -0.4 is 0 Å². The molecule has 1 saturated heterocycles. The second-order valence-electron chi connectivity index (χ2n) is 5.97. The van der Waals surface area contributed by atoms with Gasteiger partial charge in [0.1, 0.15) is 4.32 Å². The molecule has 1 aliphatic rings. The Bertz CT molecular complexity index is 884. The van der Waals surface area contributed by atoms with Crippen LogP contribution in [0.5, 0.6) is 0 Å². The fourth-order valence-corrected chi connectivity index (χ4v) is 3.96. The molecular formula is C19H18N2O3S2. The number of benzene rings is 1. The van der Waals surface area contributed by atoms with Gasteiger partial charge in [0.2, 0.25) is 0 Å². The van der Waals surface area contributed by atoms with E-state index in [1.807, 2.05) is 60.2 Å². The highest BCUT2D eigenvalue weighted by Crippen LogP contribution is 2.33. The lowest BCUT2D eigenvalue weighted by atomic mass is 10.2. The van der Waals surface area contributed by atoms with Crippen LogP contribution >= 0.6 is 24.0 Å². The van der Waals surface area contributed by atoms with Crippen LogP contribution in [0.25, 0.3) is 11.8 Å². The zero-order valence-electron chi connectivity index (χ0n) is 14.2. The fraction of sp³-hybridized carbons (Fsp3) is 0.211. The van der Waals surface area contributed by atoms with E-state index in [-0.39, 0.29) is 12.3 Å². The highest BCUT2D eigenvalue weighted by Gasteiger charge is 2.31. The number of carboxylic acids is 1. The second-order valence-corrected chi connectivity index (χ2v) is 7.65. The van der Waals surface area contributed by atoms with Crippen molar-refractivity contribution in [1.82, 2.24) is 9.47 Å². The van der Waals surface area contributed by atoms with Gasteiger partial charge in [0.05, 0.1) is 4.91 Å².